The molecule has 0 bridgehead atoms. The van der Waals surface area contributed by atoms with Crippen molar-refractivity contribution in [1.82, 2.24) is 4.90 Å². The number of ether oxygens (including phenoxy) is 1. The number of rotatable bonds is 6. The zero-order valence-corrected chi connectivity index (χ0v) is 10.7. The second kappa shape index (κ2) is 7.39. The van der Waals surface area contributed by atoms with Gasteiger partial charge in [-0.1, -0.05) is 22.5 Å². The standard InChI is InChI=1S/C11H20BrNO2/c1-10(12)9-13-5-3-11(4-6-13)15-8-2-7-14/h11,14H,1-9H2. The fraction of sp³-hybridized carbons (Fsp3) is 0.818. The van der Waals surface area contributed by atoms with E-state index in [1.165, 1.54) is 0 Å². The van der Waals surface area contributed by atoms with Crippen LogP contribution in [0.4, 0.5) is 0 Å². The Labute approximate surface area is 100 Å². The van der Waals surface area contributed by atoms with E-state index in [0.717, 1.165) is 43.4 Å². The number of nitrogens with zero attached hydrogens (tertiary/aromatic N) is 1. The van der Waals surface area contributed by atoms with Crippen LogP contribution in [0.15, 0.2) is 11.1 Å². The molecule has 4 heteroatoms. The summed E-state index contributed by atoms with van der Waals surface area (Å²) in [7, 11) is 0. The molecule has 1 aliphatic heterocycles. The highest BCUT2D eigenvalue weighted by Crippen LogP contribution is 2.16. The monoisotopic (exact) mass is 277 g/mol. The minimum atomic E-state index is 0.224. The molecule has 0 aliphatic carbocycles. The van der Waals surface area contributed by atoms with Crippen molar-refractivity contribution in [3.63, 3.8) is 0 Å². The molecule has 1 heterocycles. The van der Waals surface area contributed by atoms with E-state index < -0.39 is 0 Å². The number of hydrogen-bond donors (Lipinski definition) is 1. The van der Waals surface area contributed by atoms with Gasteiger partial charge in [0.25, 0.3) is 0 Å². The minimum absolute atomic E-state index is 0.224. The third-order valence-corrected chi connectivity index (χ3v) is 2.84. The molecule has 0 amide bonds. The van der Waals surface area contributed by atoms with E-state index in [2.05, 4.69) is 27.4 Å². The molecular formula is C11H20BrNO2. The highest BCUT2D eigenvalue weighted by atomic mass is 79.9. The van der Waals surface area contributed by atoms with E-state index in [4.69, 9.17) is 9.84 Å². The number of halogens is 1. The van der Waals surface area contributed by atoms with Crippen molar-refractivity contribution in [2.45, 2.75) is 25.4 Å². The Kier molecular flexibility index (Phi) is 6.48. The maximum atomic E-state index is 8.63. The largest absolute Gasteiger partial charge is 0.396 e. The van der Waals surface area contributed by atoms with Crippen molar-refractivity contribution in [2.24, 2.45) is 0 Å². The van der Waals surface area contributed by atoms with Crippen molar-refractivity contribution in [3.8, 4) is 0 Å². The Morgan fingerprint density at radius 2 is 2.13 bits per heavy atom. The quantitative estimate of drug-likeness (QED) is 0.751. The van der Waals surface area contributed by atoms with Crippen molar-refractivity contribution in [2.75, 3.05) is 32.8 Å². The number of aliphatic hydroxyl groups excluding tert-OH is 1. The summed E-state index contributed by atoms with van der Waals surface area (Å²) in [5.41, 5.74) is 0. The fourth-order valence-corrected chi connectivity index (χ4v) is 2.15. The third kappa shape index (κ3) is 5.66. The molecule has 0 radical (unpaired) electrons. The van der Waals surface area contributed by atoms with E-state index >= 15 is 0 Å². The van der Waals surface area contributed by atoms with Crippen LogP contribution >= 0.6 is 15.9 Å². The highest BCUT2D eigenvalue weighted by Gasteiger charge is 2.19. The van der Waals surface area contributed by atoms with Crippen LogP contribution in [-0.2, 0) is 4.74 Å². The second-order valence-corrected chi connectivity index (χ2v) is 5.06. The third-order valence-electron chi connectivity index (χ3n) is 2.59. The van der Waals surface area contributed by atoms with Crippen LogP contribution in [0.3, 0.4) is 0 Å². The van der Waals surface area contributed by atoms with E-state index in [-0.39, 0.29) is 6.61 Å². The number of hydrogen-bond acceptors (Lipinski definition) is 3. The van der Waals surface area contributed by atoms with Crippen LogP contribution in [0.25, 0.3) is 0 Å². The lowest BCUT2D eigenvalue weighted by molar-refractivity contribution is 0.00428. The lowest BCUT2D eigenvalue weighted by Crippen LogP contribution is -2.37. The van der Waals surface area contributed by atoms with E-state index in [9.17, 15) is 0 Å². The molecule has 15 heavy (non-hydrogen) atoms. The van der Waals surface area contributed by atoms with Gasteiger partial charge in [-0.05, 0) is 19.3 Å². The van der Waals surface area contributed by atoms with Crippen molar-refractivity contribution >= 4 is 15.9 Å². The van der Waals surface area contributed by atoms with Gasteiger partial charge in [0.15, 0.2) is 0 Å². The van der Waals surface area contributed by atoms with Crippen LogP contribution < -0.4 is 0 Å². The minimum Gasteiger partial charge on any atom is -0.396 e. The zero-order valence-electron chi connectivity index (χ0n) is 9.12. The van der Waals surface area contributed by atoms with Crippen LogP contribution in [0.1, 0.15) is 19.3 Å². The van der Waals surface area contributed by atoms with E-state index in [1.807, 2.05) is 0 Å². The highest BCUT2D eigenvalue weighted by molar-refractivity contribution is 9.11. The van der Waals surface area contributed by atoms with Crippen LogP contribution in [0.2, 0.25) is 0 Å². The SMILES string of the molecule is C=C(Br)CN1CCC(OCCCO)CC1. The molecule has 0 aromatic heterocycles. The maximum Gasteiger partial charge on any atom is 0.0599 e. The summed E-state index contributed by atoms with van der Waals surface area (Å²) in [6.07, 6.45) is 3.31. The van der Waals surface area contributed by atoms with Gasteiger partial charge in [-0.25, -0.2) is 0 Å². The molecule has 0 spiro atoms. The second-order valence-electron chi connectivity index (χ2n) is 3.94. The maximum absolute atomic E-state index is 8.63. The molecule has 88 valence electrons. The van der Waals surface area contributed by atoms with Crippen molar-refractivity contribution in [1.29, 1.82) is 0 Å². The molecule has 0 saturated carbocycles. The molecule has 1 N–H and O–H groups in total. The number of likely N-dealkylation sites (tertiary alicyclic amines) is 1. The fourth-order valence-electron chi connectivity index (χ4n) is 1.79. The first-order chi connectivity index (χ1) is 7.22. The summed E-state index contributed by atoms with van der Waals surface area (Å²) in [5.74, 6) is 0. The first-order valence-electron chi connectivity index (χ1n) is 5.50. The van der Waals surface area contributed by atoms with E-state index in [0.29, 0.717) is 12.7 Å². The van der Waals surface area contributed by atoms with E-state index in [1.54, 1.807) is 0 Å². The average molecular weight is 278 g/mol. The molecule has 0 aromatic rings. The number of piperidine rings is 1. The Morgan fingerprint density at radius 1 is 1.47 bits per heavy atom. The van der Waals surface area contributed by atoms with Gasteiger partial charge in [0.05, 0.1) is 6.10 Å². The average Bonchev–Trinajstić information content (AvgIpc) is 2.20. The molecular weight excluding hydrogens is 258 g/mol. The Balaban J connectivity index is 2.10. The summed E-state index contributed by atoms with van der Waals surface area (Å²) in [4.78, 5) is 2.38. The van der Waals surface area contributed by atoms with Crippen LogP contribution in [0, 0.1) is 0 Å². The lowest BCUT2D eigenvalue weighted by Gasteiger charge is -2.31. The molecule has 3 nitrogen and oxygen atoms in total. The predicted octanol–water partition coefficient (Wildman–Crippen LogP) is 1.76. The van der Waals surface area contributed by atoms with Gasteiger partial charge in [0.2, 0.25) is 0 Å². The normalized spacial score (nSPS) is 19.3. The molecule has 0 atom stereocenters. The summed E-state index contributed by atoms with van der Waals surface area (Å²) in [6.45, 7) is 7.85. The summed E-state index contributed by atoms with van der Waals surface area (Å²) >= 11 is 3.38. The zero-order chi connectivity index (χ0) is 11.1. The Bertz CT molecular complexity index is 191. The molecule has 0 unspecified atom stereocenters. The van der Waals surface area contributed by atoms with Gasteiger partial charge < -0.3 is 9.84 Å². The number of aliphatic hydroxyl groups is 1. The topological polar surface area (TPSA) is 32.7 Å². The summed E-state index contributed by atoms with van der Waals surface area (Å²) in [5, 5.41) is 8.63. The van der Waals surface area contributed by atoms with Gasteiger partial charge >= 0.3 is 0 Å². The Morgan fingerprint density at radius 3 is 2.67 bits per heavy atom. The van der Waals surface area contributed by atoms with Gasteiger partial charge in [-0.2, -0.15) is 0 Å². The molecule has 0 aromatic carbocycles. The lowest BCUT2D eigenvalue weighted by atomic mass is 10.1. The van der Waals surface area contributed by atoms with Crippen LogP contribution in [-0.4, -0.2) is 49.0 Å². The Hall–Kier alpha value is 0.1000. The summed E-state index contributed by atoms with van der Waals surface area (Å²) < 4.78 is 6.70. The molecule has 1 saturated heterocycles. The van der Waals surface area contributed by atoms with Gasteiger partial charge in [0.1, 0.15) is 0 Å². The van der Waals surface area contributed by atoms with Gasteiger partial charge in [-0.3, -0.25) is 4.90 Å². The van der Waals surface area contributed by atoms with Gasteiger partial charge in [-0.15, -0.1) is 0 Å². The van der Waals surface area contributed by atoms with Crippen molar-refractivity contribution in [3.05, 3.63) is 11.1 Å². The van der Waals surface area contributed by atoms with Crippen LogP contribution in [0.5, 0.6) is 0 Å². The molecule has 1 aliphatic rings. The molecule has 1 fully saturated rings. The predicted molar refractivity (Wildman–Crippen MR) is 65.2 cm³/mol. The summed E-state index contributed by atoms with van der Waals surface area (Å²) in [6, 6.07) is 0. The van der Waals surface area contributed by atoms with Gasteiger partial charge in [0, 0.05) is 37.3 Å². The first-order valence-corrected chi connectivity index (χ1v) is 6.29. The molecule has 1 rings (SSSR count). The first kappa shape index (κ1) is 13.2. The van der Waals surface area contributed by atoms with Crippen molar-refractivity contribution < 1.29 is 9.84 Å². The smallest absolute Gasteiger partial charge is 0.0599 e.